The zero-order valence-electron chi connectivity index (χ0n) is 11.1. The molecule has 4 nitrogen and oxygen atoms in total. The van der Waals surface area contributed by atoms with E-state index >= 15 is 0 Å². The van der Waals surface area contributed by atoms with Crippen molar-refractivity contribution in [3.05, 3.63) is 29.8 Å². The molecule has 0 aliphatic rings. The van der Waals surface area contributed by atoms with Crippen molar-refractivity contribution in [1.29, 1.82) is 0 Å². The van der Waals surface area contributed by atoms with Gasteiger partial charge in [0.2, 0.25) is 0 Å². The summed E-state index contributed by atoms with van der Waals surface area (Å²) in [5.41, 5.74) is 0.344. The lowest BCUT2D eigenvalue weighted by molar-refractivity contribution is 0.0953. The third-order valence-electron chi connectivity index (χ3n) is 2.88. The van der Waals surface area contributed by atoms with Crippen molar-refractivity contribution < 1.29 is 17.9 Å². The van der Waals surface area contributed by atoms with Gasteiger partial charge in [0.05, 0.1) is 6.61 Å². The van der Waals surface area contributed by atoms with Crippen LogP contribution in [-0.4, -0.2) is 31.8 Å². The van der Waals surface area contributed by atoms with Crippen LogP contribution in [0.2, 0.25) is 0 Å². The predicted molar refractivity (Wildman–Crippen MR) is 70.9 cm³/mol. The van der Waals surface area contributed by atoms with E-state index in [1.54, 1.807) is 24.3 Å². The van der Waals surface area contributed by atoms with Crippen molar-refractivity contribution in [2.75, 3.05) is 12.9 Å². The van der Waals surface area contributed by atoms with Gasteiger partial charge < -0.3 is 4.74 Å². The SMILES string of the molecule is CCOc1cccc(C(=O)C(C)(C)S(C)(=O)=O)c1. The van der Waals surface area contributed by atoms with Gasteiger partial charge in [0.1, 0.15) is 10.5 Å². The van der Waals surface area contributed by atoms with Crippen LogP contribution in [0.3, 0.4) is 0 Å². The maximum absolute atomic E-state index is 12.2. The van der Waals surface area contributed by atoms with Crippen LogP contribution in [0.15, 0.2) is 24.3 Å². The van der Waals surface area contributed by atoms with Gasteiger partial charge in [-0.2, -0.15) is 0 Å². The minimum absolute atomic E-state index is 0.344. The third-order valence-corrected chi connectivity index (χ3v) is 4.92. The molecule has 0 aliphatic carbocycles. The molecule has 0 heterocycles. The Bertz CT molecular complexity index is 544. The third kappa shape index (κ3) is 2.90. The van der Waals surface area contributed by atoms with Gasteiger partial charge in [-0.1, -0.05) is 12.1 Å². The van der Waals surface area contributed by atoms with E-state index in [0.29, 0.717) is 17.9 Å². The highest BCUT2D eigenvalue weighted by molar-refractivity contribution is 7.92. The van der Waals surface area contributed by atoms with Crippen molar-refractivity contribution in [3.63, 3.8) is 0 Å². The van der Waals surface area contributed by atoms with E-state index in [-0.39, 0.29) is 0 Å². The normalized spacial score (nSPS) is 12.2. The molecule has 0 spiro atoms. The molecule has 0 fully saturated rings. The first-order valence-corrected chi connectivity index (χ1v) is 7.56. The molecule has 0 saturated heterocycles. The summed E-state index contributed by atoms with van der Waals surface area (Å²) < 4.78 is 27.1. The van der Waals surface area contributed by atoms with E-state index in [1.165, 1.54) is 13.8 Å². The minimum Gasteiger partial charge on any atom is -0.494 e. The molecule has 0 N–H and O–H groups in total. The Labute approximate surface area is 108 Å². The maximum Gasteiger partial charge on any atom is 0.183 e. The number of benzene rings is 1. The quantitative estimate of drug-likeness (QED) is 0.769. The first-order valence-electron chi connectivity index (χ1n) is 5.67. The number of ketones is 1. The average Bonchev–Trinajstić information content (AvgIpc) is 2.27. The molecule has 1 rings (SSSR count). The van der Waals surface area contributed by atoms with Crippen molar-refractivity contribution >= 4 is 15.6 Å². The van der Waals surface area contributed by atoms with Gasteiger partial charge in [-0.3, -0.25) is 4.79 Å². The molecule has 0 amide bonds. The Morgan fingerprint density at radius 3 is 2.44 bits per heavy atom. The summed E-state index contributed by atoms with van der Waals surface area (Å²) in [6.45, 7) is 5.16. The lowest BCUT2D eigenvalue weighted by Gasteiger charge is -2.21. The summed E-state index contributed by atoms with van der Waals surface area (Å²) in [5.74, 6) is 0.138. The number of carbonyl (C=O) groups is 1. The fourth-order valence-corrected chi connectivity index (χ4v) is 1.86. The average molecular weight is 270 g/mol. The van der Waals surface area contributed by atoms with Crippen LogP contribution in [0.1, 0.15) is 31.1 Å². The Morgan fingerprint density at radius 1 is 1.33 bits per heavy atom. The van der Waals surface area contributed by atoms with Crippen LogP contribution < -0.4 is 4.74 Å². The van der Waals surface area contributed by atoms with Gasteiger partial charge in [0, 0.05) is 11.8 Å². The number of hydrogen-bond donors (Lipinski definition) is 0. The molecule has 0 saturated carbocycles. The van der Waals surface area contributed by atoms with Gasteiger partial charge in [-0.25, -0.2) is 8.42 Å². The standard InChI is InChI=1S/C13H18O4S/c1-5-17-11-8-6-7-10(9-11)12(14)13(2,3)18(4,15)16/h6-9H,5H2,1-4H3. The molecule has 0 unspecified atom stereocenters. The molecule has 1 aromatic rings. The van der Waals surface area contributed by atoms with Crippen LogP contribution in [0, 0.1) is 0 Å². The van der Waals surface area contributed by atoms with Crippen molar-refractivity contribution in [1.82, 2.24) is 0 Å². The number of rotatable bonds is 5. The second-order valence-electron chi connectivity index (χ2n) is 4.57. The first kappa shape index (κ1) is 14.7. The van der Waals surface area contributed by atoms with Crippen LogP contribution in [0.25, 0.3) is 0 Å². The monoisotopic (exact) mass is 270 g/mol. The van der Waals surface area contributed by atoms with Crippen LogP contribution in [0.4, 0.5) is 0 Å². The van der Waals surface area contributed by atoms with E-state index in [4.69, 9.17) is 4.74 Å². The summed E-state index contributed by atoms with van der Waals surface area (Å²) >= 11 is 0. The van der Waals surface area contributed by atoms with E-state index in [2.05, 4.69) is 0 Å². The molecule has 0 bridgehead atoms. The first-order chi connectivity index (χ1) is 8.20. The molecule has 1 aromatic carbocycles. The summed E-state index contributed by atoms with van der Waals surface area (Å²) in [5, 5.41) is 0. The molecular weight excluding hydrogens is 252 g/mol. The molecule has 100 valence electrons. The van der Waals surface area contributed by atoms with Gasteiger partial charge in [-0.05, 0) is 32.9 Å². The molecule has 5 heteroatoms. The van der Waals surface area contributed by atoms with Gasteiger partial charge in [0.15, 0.2) is 15.6 Å². The van der Waals surface area contributed by atoms with E-state index in [0.717, 1.165) is 6.26 Å². The molecule has 0 radical (unpaired) electrons. The van der Waals surface area contributed by atoms with Crippen molar-refractivity contribution in [2.45, 2.75) is 25.5 Å². The fraction of sp³-hybridized carbons (Fsp3) is 0.462. The van der Waals surface area contributed by atoms with Gasteiger partial charge in [0.25, 0.3) is 0 Å². The van der Waals surface area contributed by atoms with Crippen molar-refractivity contribution in [2.24, 2.45) is 0 Å². The lowest BCUT2D eigenvalue weighted by Crippen LogP contribution is -2.39. The number of sulfone groups is 1. The largest absolute Gasteiger partial charge is 0.494 e. The zero-order valence-corrected chi connectivity index (χ0v) is 11.9. The van der Waals surface area contributed by atoms with Gasteiger partial charge >= 0.3 is 0 Å². The topological polar surface area (TPSA) is 60.4 Å². The van der Waals surface area contributed by atoms with Crippen LogP contribution in [-0.2, 0) is 9.84 Å². The van der Waals surface area contributed by atoms with E-state index in [9.17, 15) is 13.2 Å². The molecule has 0 atom stereocenters. The molecule has 18 heavy (non-hydrogen) atoms. The summed E-state index contributed by atoms with van der Waals surface area (Å²) in [6.07, 6.45) is 1.07. The fourth-order valence-electron chi connectivity index (χ4n) is 1.41. The van der Waals surface area contributed by atoms with E-state index < -0.39 is 20.4 Å². The lowest BCUT2D eigenvalue weighted by atomic mass is 10.00. The highest BCUT2D eigenvalue weighted by Gasteiger charge is 2.38. The second kappa shape index (κ2) is 5.10. The van der Waals surface area contributed by atoms with Gasteiger partial charge in [-0.15, -0.1) is 0 Å². The van der Waals surface area contributed by atoms with E-state index in [1.807, 2.05) is 6.92 Å². The smallest absolute Gasteiger partial charge is 0.183 e. The van der Waals surface area contributed by atoms with Crippen molar-refractivity contribution in [3.8, 4) is 5.75 Å². The summed E-state index contributed by atoms with van der Waals surface area (Å²) in [7, 11) is -3.47. The molecular formula is C13H18O4S. The molecule has 0 aliphatic heterocycles. The number of hydrogen-bond acceptors (Lipinski definition) is 4. The zero-order chi connectivity index (χ0) is 14.0. The maximum atomic E-state index is 12.2. The Hall–Kier alpha value is -1.36. The molecule has 0 aromatic heterocycles. The Morgan fingerprint density at radius 2 is 1.94 bits per heavy atom. The van der Waals surface area contributed by atoms with Crippen LogP contribution in [0.5, 0.6) is 5.75 Å². The van der Waals surface area contributed by atoms with Crippen LogP contribution >= 0.6 is 0 Å². The number of Topliss-reactive ketones (excluding diaryl/α,β-unsaturated/α-hetero) is 1. The predicted octanol–water partition coefficient (Wildman–Crippen LogP) is 2.09. The highest BCUT2D eigenvalue weighted by Crippen LogP contribution is 2.23. The summed E-state index contributed by atoms with van der Waals surface area (Å²) in [4.78, 5) is 12.2. The minimum atomic E-state index is -3.47. The number of ether oxygens (including phenoxy) is 1. The second-order valence-corrected chi connectivity index (χ2v) is 7.14. The highest BCUT2D eigenvalue weighted by atomic mass is 32.2. The number of carbonyl (C=O) groups excluding carboxylic acids is 1. The summed E-state index contributed by atoms with van der Waals surface area (Å²) in [6, 6.07) is 6.57. The Balaban J connectivity index is 3.15. The Kier molecular flexibility index (Phi) is 4.16.